The van der Waals surface area contributed by atoms with Crippen molar-refractivity contribution in [3.05, 3.63) is 0 Å². The van der Waals surface area contributed by atoms with Crippen LogP contribution in [0.1, 0.15) is 34.1 Å². The normalized spacial score (nSPS) is 14.7. The number of rotatable bonds is 4. The standard InChI is InChI=1S/C7H16FN.C2H6/c1-4-6(2)7(8)5-9-3;1-2/h6-7,9H,4-5H2,1-3H3;1-2H3. The molecule has 2 atom stereocenters. The van der Waals surface area contributed by atoms with Crippen LogP contribution < -0.4 is 5.32 Å². The van der Waals surface area contributed by atoms with Gasteiger partial charge in [0.05, 0.1) is 0 Å². The molecule has 0 amide bonds. The van der Waals surface area contributed by atoms with Gasteiger partial charge in [-0.15, -0.1) is 0 Å². The van der Waals surface area contributed by atoms with E-state index >= 15 is 0 Å². The predicted octanol–water partition coefficient (Wildman–Crippen LogP) is 2.62. The summed E-state index contributed by atoms with van der Waals surface area (Å²) in [4.78, 5) is 0. The third-order valence-electron chi connectivity index (χ3n) is 1.66. The Morgan fingerprint density at radius 1 is 1.36 bits per heavy atom. The maximum atomic E-state index is 12.7. The first-order valence-corrected chi connectivity index (χ1v) is 4.51. The summed E-state index contributed by atoms with van der Waals surface area (Å²) in [7, 11) is 1.77. The van der Waals surface area contributed by atoms with Crippen LogP contribution in [-0.4, -0.2) is 19.8 Å². The van der Waals surface area contributed by atoms with Gasteiger partial charge in [0.15, 0.2) is 0 Å². The molecule has 0 rings (SSSR count). The summed E-state index contributed by atoms with van der Waals surface area (Å²) in [5.41, 5.74) is 0. The van der Waals surface area contributed by atoms with Crippen LogP contribution in [0.5, 0.6) is 0 Å². The van der Waals surface area contributed by atoms with Crippen molar-refractivity contribution in [2.45, 2.75) is 40.3 Å². The van der Waals surface area contributed by atoms with E-state index in [0.717, 1.165) is 6.42 Å². The van der Waals surface area contributed by atoms with E-state index in [4.69, 9.17) is 0 Å². The Kier molecular flexibility index (Phi) is 12.1. The number of hydrogen-bond donors (Lipinski definition) is 1. The summed E-state index contributed by atoms with van der Waals surface area (Å²) in [6.45, 7) is 8.42. The summed E-state index contributed by atoms with van der Waals surface area (Å²) in [5, 5.41) is 2.81. The lowest BCUT2D eigenvalue weighted by Gasteiger charge is -2.13. The zero-order valence-electron chi connectivity index (χ0n) is 8.45. The van der Waals surface area contributed by atoms with E-state index in [1.807, 2.05) is 27.7 Å². The number of nitrogens with one attached hydrogen (secondary N) is 1. The minimum absolute atomic E-state index is 0.192. The van der Waals surface area contributed by atoms with Gasteiger partial charge in [-0.2, -0.15) is 0 Å². The topological polar surface area (TPSA) is 12.0 Å². The Labute approximate surface area is 70.4 Å². The zero-order valence-corrected chi connectivity index (χ0v) is 8.45. The van der Waals surface area contributed by atoms with Gasteiger partial charge in [0.2, 0.25) is 0 Å². The fourth-order valence-electron chi connectivity index (χ4n) is 0.652. The quantitative estimate of drug-likeness (QED) is 0.671. The number of hydrogen-bond acceptors (Lipinski definition) is 1. The monoisotopic (exact) mass is 163 g/mol. The molecule has 0 aromatic heterocycles. The van der Waals surface area contributed by atoms with Crippen LogP contribution in [0.25, 0.3) is 0 Å². The Balaban J connectivity index is 0. The van der Waals surface area contributed by atoms with Crippen molar-refractivity contribution in [1.82, 2.24) is 5.32 Å². The smallest absolute Gasteiger partial charge is 0.115 e. The van der Waals surface area contributed by atoms with Gasteiger partial charge in [0.25, 0.3) is 0 Å². The van der Waals surface area contributed by atoms with Gasteiger partial charge in [0, 0.05) is 6.54 Å². The first-order chi connectivity index (χ1) is 5.22. The van der Waals surface area contributed by atoms with E-state index in [0.29, 0.717) is 6.54 Å². The van der Waals surface area contributed by atoms with E-state index in [1.54, 1.807) is 7.05 Å². The molecule has 2 heteroatoms. The van der Waals surface area contributed by atoms with Gasteiger partial charge < -0.3 is 5.32 Å². The summed E-state index contributed by atoms with van der Waals surface area (Å²) in [5.74, 6) is 0.192. The van der Waals surface area contributed by atoms with Crippen LogP contribution in [0.2, 0.25) is 0 Å². The van der Waals surface area contributed by atoms with Crippen LogP contribution in [0.15, 0.2) is 0 Å². The third kappa shape index (κ3) is 7.79. The molecule has 0 aromatic rings. The highest BCUT2D eigenvalue weighted by molar-refractivity contribution is 4.64. The molecule has 0 fully saturated rings. The van der Waals surface area contributed by atoms with Crippen molar-refractivity contribution in [2.75, 3.05) is 13.6 Å². The maximum Gasteiger partial charge on any atom is 0.115 e. The van der Waals surface area contributed by atoms with Crippen LogP contribution in [-0.2, 0) is 0 Å². The molecule has 70 valence electrons. The van der Waals surface area contributed by atoms with E-state index in [2.05, 4.69) is 5.32 Å². The van der Waals surface area contributed by atoms with Crippen LogP contribution in [0, 0.1) is 5.92 Å². The Bertz CT molecular complexity index is 66.6. The molecule has 0 bridgehead atoms. The molecule has 2 unspecified atom stereocenters. The molecule has 0 saturated carbocycles. The van der Waals surface area contributed by atoms with Gasteiger partial charge in [-0.3, -0.25) is 0 Å². The van der Waals surface area contributed by atoms with Crippen LogP contribution >= 0.6 is 0 Å². The second kappa shape index (κ2) is 9.89. The molecule has 0 radical (unpaired) electrons. The molecule has 0 aliphatic carbocycles. The van der Waals surface area contributed by atoms with Gasteiger partial charge in [-0.05, 0) is 13.0 Å². The lowest BCUT2D eigenvalue weighted by molar-refractivity contribution is 0.233. The van der Waals surface area contributed by atoms with Crippen molar-refractivity contribution >= 4 is 0 Å². The van der Waals surface area contributed by atoms with Crippen molar-refractivity contribution < 1.29 is 4.39 Å². The molecule has 1 nitrogen and oxygen atoms in total. The first kappa shape index (κ1) is 13.5. The summed E-state index contributed by atoms with van der Waals surface area (Å²) in [6.07, 6.45) is 0.239. The molecule has 0 saturated heterocycles. The average molecular weight is 163 g/mol. The summed E-state index contributed by atoms with van der Waals surface area (Å²) >= 11 is 0. The molecule has 0 aliphatic rings. The molecular formula is C9H22FN. The molecule has 0 heterocycles. The summed E-state index contributed by atoms with van der Waals surface area (Å²) in [6, 6.07) is 0. The first-order valence-electron chi connectivity index (χ1n) is 4.51. The maximum absolute atomic E-state index is 12.7. The Morgan fingerprint density at radius 3 is 2.09 bits per heavy atom. The zero-order chi connectivity index (χ0) is 9.28. The Morgan fingerprint density at radius 2 is 1.82 bits per heavy atom. The summed E-state index contributed by atoms with van der Waals surface area (Å²) < 4.78 is 12.7. The van der Waals surface area contributed by atoms with E-state index in [9.17, 15) is 4.39 Å². The molecular weight excluding hydrogens is 141 g/mol. The van der Waals surface area contributed by atoms with Gasteiger partial charge in [-0.25, -0.2) is 4.39 Å². The largest absolute Gasteiger partial charge is 0.317 e. The highest BCUT2D eigenvalue weighted by atomic mass is 19.1. The SMILES string of the molecule is CC.CCC(C)C(F)CNC. The predicted molar refractivity (Wildman–Crippen MR) is 49.6 cm³/mol. The minimum atomic E-state index is -0.681. The molecule has 1 N–H and O–H groups in total. The fraction of sp³-hybridized carbons (Fsp3) is 1.00. The van der Waals surface area contributed by atoms with Crippen LogP contribution in [0.3, 0.4) is 0 Å². The molecule has 0 aromatic carbocycles. The van der Waals surface area contributed by atoms with Gasteiger partial charge >= 0.3 is 0 Å². The number of halogens is 1. The van der Waals surface area contributed by atoms with Gasteiger partial charge in [0.1, 0.15) is 6.17 Å². The van der Waals surface area contributed by atoms with E-state index in [-0.39, 0.29) is 5.92 Å². The lowest BCUT2D eigenvalue weighted by Crippen LogP contribution is -2.25. The van der Waals surface area contributed by atoms with Crippen molar-refractivity contribution in [3.63, 3.8) is 0 Å². The Hall–Kier alpha value is -0.110. The third-order valence-corrected chi connectivity index (χ3v) is 1.66. The van der Waals surface area contributed by atoms with Crippen molar-refractivity contribution in [1.29, 1.82) is 0 Å². The molecule has 11 heavy (non-hydrogen) atoms. The van der Waals surface area contributed by atoms with Crippen molar-refractivity contribution in [2.24, 2.45) is 5.92 Å². The second-order valence-electron chi connectivity index (χ2n) is 2.46. The highest BCUT2D eigenvalue weighted by Gasteiger charge is 2.11. The fourth-order valence-corrected chi connectivity index (χ4v) is 0.652. The van der Waals surface area contributed by atoms with E-state index in [1.165, 1.54) is 0 Å². The highest BCUT2D eigenvalue weighted by Crippen LogP contribution is 2.09. The second-order valence-corrected chi connectivity index (χ2v) is 2.46. The average Bonchev–Trinajstić information content (AvgIpc) is 2.07. The van der Waals surface area contributed by atoms with Gasteiger partial charge in [-0.1, -0.05) is 34.1 Å². The van der Waals surface area contributed by atoms with Crippen molar-refractivity contribution in [3.8, 4) is 0 Å². The minimum Gasteiger partial charge on any atom is -0.317 e. The number of alkyl halides is 1. The molecule has 0 spiro atoms. The van der Waals surface area contributed by atoms with E-state index < -0.39 is 6.17 Å². The molecule has 0 aliphatic heterocycles. The lowest BCUT2D eigenvalue weighted by atomic mass is 10.0. The van der Waals surface area contributed by atoms with Crippen LogP contribution in [0.4, 0.5) is 4.39 Å².